The van der Waals surface area contributed by atoms with Crippen molar-refractivity contribution in [1.82, 2.24) is 0 Å². The van der Waals surface area contributed by atoms with Crippen molar-refractivity contribution < 1.29 is 17.9 Å². The summed E-state index contributed by atoms with van der Waals surface area (Å²) in [5.74, 6) is -3.07. The topological polar surface area (TPSA) is 21.6 Å². The molecule has 0 fully saturated rings. The number of ether oxygens (including phenoxy) is 1. The largest absolute Gasteiger partial charge is 0.475 e. The quantitative estimate of drug-likeness (QED) is 0.522. The van der Waals surface area contributed by atoms with Crippen molar-refractivity contribution in [3.05, 3.63) is 52.8 Å². The zero-order valence-electron chi connectivity index (χ0n) is 16.5. The monoisotopic (exact) mass is 391 g/mol. The van der Waals surface area contributed by atoms with Crippen LogP contribution in [0.2, 0.25) is 19.6 Å². The maximum Gasteiger partial charge on any atom is 0.220 e. The number of rotatable bonds is 3. The molecule has 0 spiro atoms. The second-order valence-corrected chi connectivity index (χ2v) is 13.7. The highest BCUT2D eigenvalue weighted by Crippen LogP contribution is 2.34. The van der Waals surface area contributed by atoms with Crippen molar-refractivity contribution in [3.63, 3.8) is 0 Å². The van der Waals surface area contributed by atoms with E-state index in [1.54, 1.807) is 18.2 Å². The summed E-state index contributed by atoms with van der Waals surface area (Å²) in [7, 11) is -1.70. The first-order valence-corrected chi connectivity index (χ1v) is 12.4. The molecule has 0 bridgehead atoms. The van der Waals surface area contributed by atoms with Crippen molar-refractivity contribution in [3.8, 4) is 11.1 Å². The summed E-state index contributed by atoms with van der Waals surface area (Å²) in [5, 5.41) is 1.04. The molecular formula is C21H24F3NOSi. The first-order valence-electron chi connectivity index (χ1n) is 8.93. The fraction of sp³-hybridized carbons (Fsp3) is 0.381. The zero-order valence-corrected chi connectivity index (χ0v) is 17.5. The van der Waals surface area contributed by atoms with Crippen LogP contribution in [0.4, 0.5) is 13.2 Å². The van der Waals surface area contributed by atoms with E-state index in [0.29, 0.717) is 5.56 Å². The highest BCUT2D eigenvalue weighted by molar-refractivity contribution is 6.88. The van der Waals surface area contributed by atoms with E-state index in [9.17, 15) is 8.78 Å². The van der Waals surface area contributed by atoms with Gasteiger partial charge in [0.2, 0.25) is 5.90 Å². The smallest absolute Gasteiger partial charge is 0.220 e. The van der Waals surface area contributed by atoms with Gasteiger partial charge in [0.25, 0.3) is 0 Å². The first-order chi connectivity index (χ1) is 12.4. The van der Waals surface area contributed by atoms with E-state index in [4.69, 9.17) is 4.74 Å². The SMILES string of the molecule is Cc1c(F)c(F)c(-c2cccc([Si](C)(C)C)c2)c(F)c1C1=NC(C)(C)CO1. The van der Waals surface area contributed by atoms with Gasteiger partial charge in [-0.05, 0) is 26.3 Å². The van der Waals surface area contributed by atoms with E-state index < -0.39 is 31.1 Å². The fourth-order valence-electron chi connectivity index (χ4n) is 3.13. The molecular weight excluding hydrogens is 367 g/mol. The normalized spacial score (nSPS) is 16.3. The molecule has 0 radical (unpaired) electrons. The van der Waals surface area contributed by atoms with Gasteiger partial charge in [0.15, 0.2) is 11.6 Å². The Kier molecular flexibility index (Phi) is 4.75. The van der Waals surface area contributed by atoms with Crippen molar-refractivity contribution in [2.45, 2.75) is 46.0 Å². The molecule has 27 heavy (non-hydrogen) atoms. The number of hydrogen-bond acceptors (Lipinski definition) is 2. The van der Waals surface area contributed by atoms with Crippen LogP contribution in [0.25, 0.3) is 11.1 Å². The lowest BCUT2D eigenvalue weighted by atomic mass is 9.97. The first kappa shape index (κ1) is 19.7. The molecule has 1 aliphatic rings. The van der Waals surface area contributed by atoms with E-state index in [1.807, 2.05) is 19.9 Å². The number of nitrogens with zero attached hydrogens (tertiary/aromatic N) is 1. The minimum atomic E-state index is -1.70. The molecule has 0 unspecified atom stereocenters. The third-order valence-electron chi connectivity index (χ3n) is 4.75. The predicted octanol–water partition coefficient (Wildman–Crippen LogP) is 5.18. The van der Waals surface area contributed by atoms with Crippen LogP contribution < -0.4 is 5.19 Å². The molecule has 3 rings (SSSR count). The molecule has 1 aliphatic heterocycles. The number of aliphatic imine (C=N–C) groups is 1. The number of benzene rings is 2. The van der Waals surface area contributed by atoms with Crippen LogP contribution in [0.3, 0.4) is 0 Å². The van der Waals surface area contributed by atoms with Crippen molar-refractivity contribution >= 4 is 19.2 Å². The highest BCUT2D eigenvalue weighted by atomic mass is 28.3. The van der Waals surface area contributed by atoms with E-state index in [2.05, 4.69) is 24.6 Å². The summed E-state index contributed by atoms with van der Waals surface area (Å²) in [4.78, 5) is 4.35. The van der Waals surface area contributed by atoms with Crippen LogP contribution >= 0.6 is 0 Å². The minimum absolute atomic E-state index is 0.0245. The average molecular weight is 392 g/mol. The summed E-state index contributed by atoms with van der Waals surface area (Å²) in [6.07, 6.45) is 0. The third kappa shape index (κ3) is 3.55. The lowest BCUT2D eigenvalue weighted by Crippen LogP contribution is -2.37. The molecule has 0 atom stereocenters. The Morgan fingerprint density at radius 2 is 1.67 bits per heavy atom. The molecule has 0 saturated heterocycles. The van der Waals surface area contributed by atoms with Crippen molar-refractivity contribution in [2.75, 3.05) is 6.61 Å². The van der Waals surface area contributed by atoms with Crippen molar-refractivity contribution in [1.29, 1.82) is 0 Å². The molecule has 2 nitrogen and oxygen atoms in total. The van der Waals surface area contributed by atoms with Crippen LogP contribution in [-0.2, 0) is 4.74 Å². The Morgan fingerprint density at radius 1 is 1.00 bits per heavy atom. The average Bonchev–Trinajstić information content (AvgIpc) is 2.92. The standard InChI is InChI=1S/C21H24F3NOSi/c1-12-15(20-25-21(2,3)11-26-20)18(23)16(19(24)17(12)22)13-8-7-9-14(10-13)27(4,5)6/h7-10H,11H2,1-6H3. The second-order valence-electron chi connectivity index (χ2n) is 8.67. The predicted molar refractivity (Wildman–Crippen MR) is 106 cm³/mol. The van der Waals surface area contributed by atoms with E-state index in [-0.39, 0.29) is 29.2 Å². The fourth-order valence-corrected chi connectivity index (χ4v) is 4.32. The van der Waals surface area contributed by atoms with E-state index >= 15 is 4.39 Å². The minimum Gasteiger partial charge on any atom is -0.475 e. The Bertz CT molecular complexity index is 945. The van der Waals surface area contributed by atoms with Crippen LogP contribution in [-0.4, -0.2) is 26.1 Å². The molecule has 144 valence electrons. The zero-order chi connectivity index (χ0) is 20.1. The molecule has 6 heteroatoms. The lowest BCUT2D eigenvalue weighted by Gasteiger charge is -2.19. The second kappa shape index (κ2) is 6.51. The van der Waals surface area contributed by atoms with Gasteiger partial charge in [-0.25, -0.2) is 18.2 Å². The summed E-state index contributed by atoms with van der Waals surface area (Å²) < 4.78 is 50.4. The van der Waals surface area contributed by atoms with Crippen LogP contribution in [0.1, 0.15) is 25.0 Å². The molecule has 0 saturated carbocycles. The molecule has 0 amide bonds. The third-order valence-corrected chi connectivity index (χ3v) is 6.80. The van der Waals surface area contributed by atoms with Gasteiger partial charge in [-0.15, -0.1) is 0 Å². The lowest BCUT2D eigenvalue weighted by molar-refractivity contribution is 0.278. The van der Waals surface area contributed by atoms with Crippen molar-refractivity contribution in [2.24, 2.45) is 4.99 Å². The van der Waals surface area contributed by atoms with Gasteiger partial charge in [-0.2, -0.15) is 0 Å². The van der Waals surface area contributed by atoms with Crippen LogP contribution in [0, 0.1) is 24.4 Å². The molecule has 0 aromatic heterocycles. The molecule has 1 heterocycles. The Morgan fingerprint density at radius 3 is 2.22 bits per heavy atom. The number of hydrogen-bond donors (Lipinski definition) is 0. The number of halogens is 3. The van der Waals surface area contributed by atoms with Crippen LogP contribution in [0.15, 0.2) is 29.3 Å². The van der Waals surface area contributed by atoms with Gasteiger partial charge >= 0.3 is 0 Å². The van der Waals surface area contributed by atoms with Gasteiger partial charge < -0.3 is 4.74 Å². The maximum absolute atomic E-state index is 15.4. The van der Waals surface area contributed by atoms with Crippen LogP contribution in [0.5, 0.6) is 0 Å². The van der Waals surface area contributed by atoms with Gasteiger partial charge in [-0.3, -0.25) is 0 Å². The molecule has 2 aromatic rings. The summed E-state index contributed by atoms with van der Waals surface area (Å²) in [6.45, 7) is 11.7. The Hall–Kier alpha value is -2.08. The highest BCUT2D eigenvalue weighted by Gasteiger charge is 2.33. The van der Waals surface area contributed by atoms with Gasteiger partial charge in [0, 0.05) is 5.56 Å². The van der Waals surface area contributed by atoms with Gasteiger partial charge in [0.05, 0.1) is 24.7 Å². The molecule has 2 aromatic carbocycles. The maximum atomic E-state index is 15.4. The Balaban J connectivity index is 2.27. The van der Waals surface area contributed by atoms with E-state index in [1.165, 1.54) is 6.92 Å². The Labute approximate surface area is 159 Å². The summed E-state index contributed by atoms with van der Waals surface area (Å²) >= 11 is 0. The summed E-state index contributed by atoms with van der Waals surface area (Å²) in [6, 6.07) is 7.06. The van der Waals surface area contributed by atoms with Gasteiger partial charge in [0.1, 0.15) is 12.4 Å². The van der Waals surface area contributed by atoms with E-state index in [0.717, 1.165) is 5.19 Å². The van der Waals surface area contributed by atoms with Gasteiger partial charge in [-0.1, -0.05) is 49.1 Å². The molecule has 0 aliphatic carbocycles. The molecule has 0 N–H and O–H groups in total. The summed E-state index contributed by atoms with van der Waals surface area (Å²) in [5.41, 5.74) is -0.816.